The molecule has 1 aromatic rings. The molecule has 1 heteroatoms. The summed E-state index contributed by atoms with van der Waals surface area (Å²) in [6.07, 6.45) is 1.46. The van der Waals surface area contributed by atoms with Crippen molar-refractivity contribution in [2.45, 2.75) is 40.0 Å². The van der Waals surface area contributed by atoms with Gasteiger partial charge in [-0.15, -0.1) is 0 Å². The molecule has 1 nitrogen and oxygen atoms in total. The number of aromatic nitrogens is 1. The highest BCUT2D eigenvalue weighted by Gasteiger charge is 2.17. The van der Waals surface area contributed by atoms with Crippen molar-refractivity contribution < 1.29 is 4.11 Å². The predicted octanol–water partition coefficient (Wildman–Crippen LogP) is 3.00. The lowest BCUT2D eigenvalue weighted by atomic mass is 9.88. The molecule has 0 saturated carbocycles. The van der Waals surface area contributed by atoms with Crippen LogP contribution in [0.2, 0.25) is 0 Å². The van der Waals surface area contributed by atoms with E-state index in [0.717, 1.165) is 11.3 Å². The molecule has 12 heavy (non-hydrogen) atoms. The predicted molar refractivity (Wildman–Crippen MR) is 52.4 cm³/mol. The van der Waals surface area contributed by atoms with E-state index >= 15 is 0 Å². The summed E-state index contributed by atoms with van der Waals surface area (Å²) in [4.78, 5) is 4.26. The van der Waals surface area contributed by atoms with Crippen LogP contribution in [-0.4, -0.2) is 4.98 Å². The van der Waals surface area contributed by atoms with E-state index in [1.807, 2.05) is 6.92 Å². The molecule has 0 fully saturated rings. The van der Waals surface area contributed by atoms with Crippen LogP contribution in [0.4, 0.5) is 0 Å². The molecule has 0 aromatic carbocycles. The van der Waals surface area contributed by atoms with Crippen molar-refractivity contribution in [3.8, 4) is 0 Å². The third kappa shape index (κ3) is 1.84. The van der Waals surface area contributed by atoms with Crippen molar-refractivity contribution in [2.75, 3.05) is 0 Å². The van der Waals surface area contributed by atoms with Crippen molar-refractivity contribution in [1.82, 2.24) is 4.98 Å². The highest BCUT2D eigenvalue weighted by atomic mass is 14.7. The molecule has 0 aliphatic rings. The Kier molecular flexibility index (Phi) is 1.38. The van der Waals surface area contributed by atoms with Gasteiger partial charge in [0.15, 0.2) is 0 Å². The summed E-state index contributed by atoms with van der Waals surface area (Å²) < 4.78 is 21.9. The van der Waals surface area contributed by atoms with E-state index in [1.54, 1.807) is 6.07 Å². The van der Waals surface area contributed by atoms with Gasteiger partial charge >= 0.3 is 0 Å². The molecule has 1 aromatic heterocycles. The second-order valence-corrected chi connectivity index (χ2v) is 4.14. The van der Waals surface area contributed by atoms with Crippen LogP contribution in [0.5, 0.6) is 0 Å². The van der Waals surface area contributed by atoms with Crippen LogP contribution in [-0.2, 0) is 5.41 Å². The topological polar surface area (TPSA) is 12.9 Å². The fraction of sp³-hybridized carbons (Fsp3) is 0.545. The Hall–Kier alpha value is -0.850. The number of rotatable bonds is 0. The lowest BCUT2D eigenvalue weighted by molar-refractivity contribution is 0.564. The van der Waals surface area contributed by atoms with Crippen LogP contribution in [0.3, 0.4) is 0 Å². The Balaban J connectivity index is 3.21. The third-order valence-corrected chi connectivity index (χ3v) is 1.79. The quantitative estimate of drug-likeness (QED) is 0.577. The number of nitrogens with zero attached hydrogens (tertiary/aromatic N) is 1. The molecule has 0 atom stereocenters. The fourth-order valence-corrected chi connectivity index (χ4v) is 1.36. The van der Waals surface area contributed by atoms with E-state index < -0.39 is 6.85 Å². The average molecular weight is 166 g/mol. The minimum Gasteiger partial charge on any atom is -0.260 e. The van der Waals surface area contributed by atoms with Crippen LogP contribution in [0.15, 0.2) is 12.3 Å². The maximum absolute atomic E-state index is 7.29. The summed E-state index contributed by atoms with van der Waals surface area (Å²) in [6.45, 7) is 6.04. The van der Waals surface area contributed by atoms with Gasteiger partial charge in [-0.1, -0.05) is 26.8 Å². The summed E-state index contributed by atoms with van der Waals surface area (Å²) in [6, 6.07) is 1.71. The Morgan fingerprint density at radius 3 is 2.50 bits per heavy atom. The average Bonchev–Trinajstić information content (AvgIpc) is 1.99. The number of hydrogen-bond donors (Lipinski definition) is 0. The number of aryl methyl sites for hydroxylation is 2. The molecule has 1 rings (SSSR count). The minimum atomic E-state index is -2.06. The Morgan fingerprint density at radius 2 is 2.08 bits per heavy atom. The smallest absolute Gasteiger partial charge is 0.0486 e. The molecule has 0 bridgehead atoms. The van der Waals surface area contributed by atoms with E-state index in [-0.39, 0.29) is 5.41 Å². The van der Waals surface area contributed by atoms with E-state index in [1.165, 1.54) is 6.20 Å². The maximum atomic E-state index is 7.29. The first kappa shape index (κ1) is 5.74. The summed E-state index contributed by atoms with van der Waals surface area (Å²) in [5, 5.41) is 0. The molecule has 0 unspecified atom stereocenters. The van der Waals surface area contributed by atoms with Gasteiger partial charge in [-0.05, 0) is 24.9 Å². The first-order chi connectivity index (χ1) is 6.62. The van der Waals surface area contributed by atoms with E-state index in [9.17, 15) is 0 Å². The van der Waals surface area contributed by atoms with Gasteiger partial charge in [0.2, 0.25) is 0 Å². The van der Waals surface area contributed by atoms with Crippen LogP contribution in [0.25, 0.3) is 0 Å². The molecule has 0 amide bonds. The summed E-state index contributed by atoms with van der Waals surface area (Å²) in [5.41, 5.74) is 2.16. The Bertz CT molecular complexity index is 361. The lowest BCUT2D eigenvalue weighted by Gasteiger charge is -2.20. The minimum absolute atomic E-state index is 0.0443. The summed E-state index contributed by atoms with van der Waals surface area (Å²) in [5.74, 6) is 0. The molecule has 66 valence electrons. The number of pyridine rings is 1. The Labute approximate surface area is 79.1 Å². The SMILES string of the molecule is [2H]C([2H])([2H])c1cnc(C(C)(C)C)c(C)c1. The van der Waals surface area contributed by atoms with Crippen molar-refractivity contribution in [2.24, 2.45) is 0 Å². The Morgan fingerprint density at radius 1 is 1.42 bits per heavy atom. The van der Waals surface area contributed by atoms with Crippen LogP contribution in [0, 0.1) is 13.8 Å². The molecule has 0 radical (unpaired) electrons. The molecule has 0 N–H and O–H groups in total. The van der Waals surface area contributed by atoms with E-state index in [2.05, 4.69) is 25.8 Å². The van der Waals surface area contributed by atoms with Crippen molar-refractivity contribution in [1.29, 1.82) is 0 Å². The van der Waals surface area contributed by atoms with Gasteiger partial charge in [0, 0.05) is 21.4 Å². The van der Waals surface area contributed by atoms with Gasteiger partial charge in [0.05, 0.1) is 0 Å². The van der Waals surface area contributed by atoms with Crippen LogP contribution < -0.4 is 0 Å². The van der Waals surface area contributed by atoms with Gasteiger partial charge in [0.25, 0.3) is 0 Å². The summed E-state index contributed by atoms with van der Waals surface area (Å²) in [7, 11) is 0. The molecular formula is C11H17N. The second-order valence-electron chi connectivity index (χ2n) is 4.14. The van der Waals surface area contributed by atoms with Gasteiger partial charge in [-0.2, -0.15) is 0 Å². The van der Waals surface area contributed by atoms with Gasteiger partial charge in [-0.25, -0.2) is 0 Å². The normalized spacial score (nSPS) is 16.5. The number of hydrogen-bond acceptors (Lipinski definition) is 1. The zero-order chi connectivity index (χ0) is 11.9. The third-order valence-electron chi connectivity index (χ3n) is 1.79. The second kappa shape index (κ2) is 2.89. The zero-order valence-corrected chi connectivity index (χ0v) is 8.10. The van der Waals surface area contributed by atoms with Crippen molar-refractivity contribution in [3.63, 3.8) is 0 Å². The van der Waals surface area contributed by atoms with Gasteiger partial charge in [0.1, 0.15) is 0 Å². The monoisotopic (exact) mass is 166 g/mol. The van der Waals surface area contributed by atoms with Gasteiger partial charge in [-0.3, -0.25) is 4.98 Å². The molecule has 0 aliphatic heterocycles. The largest absolute Gasteiger partial charge is 0.260 e. The summed E-state index contributed by atoms with van der Waals surface area (Å²) >= 11 is 0. The molecule has 0 saturated heterocycles. The van der Waals surface area contributed by atoms with Gasteiger partial charge < -0.3 is 0 Å². The van der Waals surface area contributed by atoms with Crippen LogP contribution >= 0.6 is 0 Å². The lowest BCUT2D eigenvalue weighted by Crippen LogP contribution is -2.15. The standard InChI is InChI=1S/C11H17N/c1-8-6-9(2)10(12-7-8)11(3,4)5/h6-7H,1-5H3/i1D3. The van der Waals surface area contributed by atoms with Crippen molar-refractivity contribution in [3.05, 3.63) is 29.1 Å². The maximum Gasteiger partial charge on any atom is 0.0486 e. The first-order valence-corrected chi connectivity index (χ1v) is 4.10. The van der Waals surface area contributed by atoms with Crippen molar-refractivity contribution >= 4 is 0 Å². The molecule has 0 aliphatic carbocycles. The highest BCUT2D eigenvalue weighted by Crippen LogP contribution is 2.23. The zero-order valence-electron chi connectivity index (χ0n) is 11.1. The van der Waals surface area contributed by atoms with E-state index in [0.29, 0.717) is 5.56 Å². The molecule has 1 heterocycles. The van der Waals surface area contributed by atoms with Crippen LogP contribution in [0.1, 0.15) is 41.7 Å². The highest BCUT2D eigenvalue weighted by molar-refractivity contribution is 5.27. The first-order valence-electron chi connectivity index (χ1n) is 5.60. The molecular weight excluding hydrogens is 146 g/mol. The molecule has 0 spiro atoms. The fourth-order valence-electron chi connectivity index (χ4n) is 1.36. The van der Waals surface area contributed by atoms with E-state index in [4.69, 9.17) is 4.11 Å².